The Labute approximate surface area is 101 Å². The van der Waals surface area contributed by atoms with Crippen LogP contribution >= 0.6 is 0 Å². The Bertz CT molecular complexity index is 289. The standard InChI is InChI=1S/C11H15N.2C2H6/c1-8(2)9-3-4-10-6-12-7-11(10)5-9;2*1-2/h3-5,8,12H,6-7H2,1-2H3;2*1-2H3. The Balaban J connectivity index is 0.000000509. The molecule has 1 N–H and O–H groups in total. The number of rotatable bonds is 1. The number of hydrogen-bond donors (Lipinski definition) is 1. The highest BCUT2D eigenvalue weighted by molar-refractivity contribution is 5.35. The van der Waals surface area contributed by atoms with E-state index in [0.717, 1.165) is 13.1 Å². The van der Waals surface area contributed by atoms with Crippen LogP contribution in [0.15, 0.2) is 18.2 Å². The molecule has 1 aliphatic rings. The van der Waals surface area contributed by atoms with Crippen molar-refractivity contribution < 1.29 is 0 Å². The Hall–Kier alpha value is -0.820. The van der Waals surface area contributed by atoms with Crippen molar-refractivity contribution in [2.75, 3.05) is 0 Å². The first-order valence-corrected chi connectivity index (χ1v) is 6.60. The third-order valence-corrected chi connectivity index (χ3v) is 2.53. The zero-order valence-corrected chi connectivity index (χ0v) is 11.7. The van der Waals surface area contributed by atoms with Gasteiger partial charge in [0.15, 0.2) is 0 Å². The van der Waals surface area contributed by atoms with Gasteiger partial charge in [-0.15, -0.1) is 0 Å². The first kappa shape index (κ1) is 15.2. The summed E-state index contributed by atoms with van der Waals surface area (Å²) in [5.41, 5.74) is 4.41. The summed E-state index contributed by atoms with van der Waals surface area (Å²) in [6.45, 7) is 14.6. The lowest BCUT2D eigenvalue weighted by Crippen LogP contribution is -1.99. The highest BCUT2D eigenvalue weighted by atomic mass is 14.9. The summed E-state index contributed by atoms with van der Waals surface area (Å²) in [7, 11) is 0. The minimum absolute atomic E-state index is 0.649. The SMILES string of the molecule is CC.CC.CC(C)c1ccc2c(c1)CNC2. The van der Waals surface area contributed by atoms with Crippen molar-refractivity contribution in [3.63, 3.8) is 0 Å². The van der Waals surface area contributed by atoms with E-state index in [-0.39, 0.29) is 0 Å². The predicted molar refractivity (Wildman–Crippen MR) is 73.8 cm³/mol. The summed E-state index contributed by atoms with van der Waals surface area (Å²) in [5.74, 6) is 0.649. The molecule has 0 saturated heterocycles. The lowest BCUT2D eigenvalue weighted by molar-refractivity contribution is 0.764. The maximum atomic E-state index is 3.35. The van der Waals surface area contributed by atoms with Crippen molar-refractivity contribution in [1.82, 2.24) is 5.32 Å². The van der Waals surface area contributed by atoms with Crippen LogP contribution in [0.3, 0.4) is 0 Å². The second-order valence-electron chi connectivity index (χ2n) is 3.79. The van der Waals surface area contributed by atoms with Crippen LogP contribution in [0.4, 0.5) is 0 Å². The van der Waals surface area contributed by atoms with Gasteiger partial charge in [0.25, 0.3) is 0 Å². The summed E-state index contributed by atoms with van der Waals surface area (Å²) in [6.07, 6.45) is 0. The van der Waals surface area contributed by atoms with Crippen molar-refractivity contribution >= 4 is 0 Å². The normalized spacial score (nSPS) is 12.2. The molecule has 0 saturated carbocycles. The molecule has 1 heteroatoms. The van der Waals surface area contributed by atoms with Crippen molar-refractivity contribution in [2.45, 2.75) is 60.5 Å². The summed E-state index contributed by atoms with van der Waals surface area (Å²) in [4.78, 5) is 0. The molecule has 92 valence electrons. The molecule has 16 heavy (non-hydrogen) atoms. The second-order valence-corrected chi connectivity index (χ2v) is 3.79. The van der Waals surface area contributed by atoms with E-state index in [9.17, 15) is 0 Å². The molecular formula is C15H27N. The van der Waals surface area contributed by atoms with Crippen LogP contribution in [0.25, 0.3) is 0 Å². The molecular weight excluding hydrogens is 194 g/mol. The van der Waals surface area contributed by atoms with Crippen molar-refractivity contribution in [3.8, 4) is 0 Å². The third kappa shape index (κ3) is 3.97. The largest absolute Gasteiger partial charge is 0.309 e. The quantitative estimate of drug-likeness (QED) is 0.738. The zero-order chi connectivity index (χ0) is 12.6. The summed E-state index contributed by atoms with van der Waals surface area (Å²) >= 11 is 0. The van der Waals surface area contributed by atoms with Gasteiger partial charge in [-0.3, -0.25) is 0 Å². The summed E-state index contributed by atoms with van der Waals surface area (Å²) in [5, 5.41) is 3.35. The van der Waals surface area contributed by atoms with Crippen molar-refractivity contribution in [1.29, 1.82) is 0 Å². The predicted octanol–water partition coefficient (Wildman–Crippen LogP) is 4.47. The van der Waals surface area contributed by atoms with Crippen molar-refractivity contribution in [2.24, 2.45) is 0 Å². The van der Waals surface area contributed by atoms with Crippen LogP contribution in [0.1, 0.15) is 64.2 Å². The highest BCUT2D eigenvalue weighted by Crippen LogP contribution is 2.21. The third-order valence-electron chi connectivity index (χ3n) is 2.53. The highest BCUT2D eigenvalue weighted by Gasteiger charge is 2.10. The monoisotopic (exact) mass is 221 g/mol. The van der Waals surface area contributed by atoms with Crippen LogP contribution in [-0.4, -0.2) is 0 Å². The van der Waals surface area contributed by atoms with Gasteiger partial charge >= 0.3 is 0 Å². The molecule has 0 aliphatic carbocycles. The van der Waals surface area contributed by atoms with Crippen molar-refractivity contribution in [3.05, 3.63) is 34.9 Å². The van der Waals surface area contributed by atoms with Gasteiger partial charge in [-0.05, 0) is 22.6 Å². The van der Waals surface area contributed by atoms with Gasteiger partial charge in [-0.25, -0.2) is 0 Å². The molecule has 0 spiro atoms. The molecule has 2 rings (SSSR count). The van der Waals surface area contributed by atoms with E-state index in [1.807, 2.05) is 27.7 Å². The smallest absolute Gasteiger partial charge is 0.0212 e. The Kier molecular flexibility index (Phi) is 7.92. The van der Waals surface area contributed by atoms with Gasteiger partial charge in [-0.2, -0.15) is 0 Å². The molecule has 1 aromatic rings. The van der Waals surface area contributed by atoms with Crippen LogP contribution in [0, 0.1) is 0 Å². The fourth-order valence-electron chi connectivity index (χ4n) is 1.67. The van der Waals surface area contributed by atoms with Gasteiger partial charge in [0.1, 0.15) is 0 Å². The van der Waals surface area contributed by atoms with Gasteiger partial charge in [0.05, 0.1) is 0 Å². The van der Waals surface area contributed by atoms with E-state index >= 15 is 0 Å². The molecule has 1 heterocycles. The average molecular weight is 221 g/mol. The van der Waals surface area contributed by atoms with Gasteiger partial charge in [0, 0.05) is 13.1 Å². The minimum Gasteiger partial charge on any atom is -0.309 e. The number of benzene rings is 1. The molecule has 0 atom stereocenters. The average Bonchev–Trinajstić information content (AvgIpc) is 2.81. The maximum Gasteiger partial charge on any atom is 0.0212 e. The maximum absolute atomic E-state index is 3.35. The molecule has 0 unspecified atom stereocenters. The fraction of sp³-hybridized carbons (Fsp3) is 0.600. The first-order chi connectivity index (χ1) is 7.77. The van der Waals surface area contributed by atoms with E-state index in [1.54, 1.807) is 0 Å². The van der Waals surface area contributed by atoms with E-state index in [1.165, 1.54) is 16.7 Å². The molecule has 0 fully saturated rings. The molecule has 0 aromatic heterocycles. The zero-order valence-electron chi connectivity index (χ0n) is 11.7. The number of nitrogens with one attached hydrogen (secondary N) is 1. The molecule has 0 amide bonds. The summed E-state index contributed by atoms with van der Waals surface area (Å²) in [6, 6.07) is 6.83. The summed E-state index contributed by atoms with van der Waals surface area (Å²) < 4.78 is 0. The molecule has 0 radical (unpaired) electrons. The lowest BCUT2D eigenvalue weighted by Gasteiger charge is -2.06. The van der Waals surface area contributed by atoms with Crippen LogP contribution < -0.4 is 5.32 Å². The second kappa shape index (κ2) is 8.35. The Morgan fingerprint density at radius 3 is 2.06 bits per heavy atom. The van der Waals surface area contributed by atoms with E-state index < -0.39 is 0 Å². The lowest BCUT2D eigenvalue weighted by atomic mass is 9.99. The molecule has 1 nitrogen and oxygen atoms in total. The Morgan fingerprint density at radius 2 is 1.50 bits per heavy atom. The van der Waals surface area contributed by atoms with E-state index in [0.29, 0.717) is 5.92 Å². The van der Waals surface area contributed by atoms with E-state index in [2.05, 4.69) is 37.4 Å². The molecule has 1 aromatic carbocycles. The number of fused-ring (bicyclic) bond motifs is 1. The molecule has 0 bridgehead atoms. The number of hydrogen-bond acceptors (Lipinski definition) is 1. The van der Waals surface area contributed by atoms with Gasteiger partial charge in [0.2, 0.25) is 0 Å². The topological polar surface area (TPSA) is 12.0 Å². The minimum atomic E-state index is 0.649. The fourth-order valence-corrected chi connectivity index (χ4v) is 1.67. The Morgan fingerprint density at radius 1 is 0.938 bits per heavy atom. The first-order valence-electron chi connectivity index (χ1n) is 6.60. The molecule has 1 aliphatic heterocycles. The van der Waals surface area contributed by atoms with Crippen LogP contribution in [0.2, 0.25) is 0 Å². The van der Waals surface area contributed by atoms with Crippen LogP contribution in [-0.2, 0) is 13.1 Å². The van der Waals surface area contributed by atoms with Gasteiger partial charge in [-0.1, -0.05) is 59.7 Å². The van der Waals surface area contributed by atoms with E-state index in [4.69, 9.17) is 0 Å². The van der Waals surface area contributed by atoms with Gasteiger partial charge < -0.3 is 5.32 Å². The van der Waals surface area contributed by atoms with Crippen LogP contribution in [0.5, 0.6) is 0 Å².